The van der Waals surface area contributed by atoms with Crippen LogP contribution in [-0.2, 0) is 5.41 Å². The first-order valence-corrected chi connectivity index (χ1v) is 4.62. The van der Waals surface area contributed by atoms with Gasteiger partial charge in [0, 0.05) is 5.56 Å². The number of para-hydroxylation sites is 1. The second-order valence-electron chi connectivity index (χ2n) is 3.72. The van der Waals surface area contributed by atoms with Crippen LogP contribution in [0.5, 0.6) is 11.5 Å². The summed E-state index contributed by atoms with van der Waals surface area (Å²) < 4.78 is 0. The molecule has 1 saturated carbocycles. The molecule has 0 radical (unpaired) electrons. The van der Waals surface area contributed by atoms with Crippen LogP contribution in [0.1, 0.15) is 24.8 Å². The summed E-state index contributed by atoms with van der Waals surface area (Å²) in [6.45, 7) is 0. The van der Waals surface area contributed by atoms with Gasteiger partial charge in [-0.1, -0.05) is 12.1 Å². The van der Waals surface area contributed by atoms with Crippen molar-refractivity contribution in [3.63, 3.8) is 0 Å². The zero-order valence-electron chi connectivity index (χ0n) is 7.70. The maximum atomic E-state index is 9.63. The van der Waals surface area contributed by atoms with E-state index in [1.54, 1.807) is 12.1 Å². The van der Waals surface area contributed by atoms with Crippen molar-refractivity contribution in [2.75, 3.05) is 0 Å². The van der Waals surface area contributed by atoms with Crippen LogP contribution >= 0.6 is 0 Å². The van der Waals surface area contributed by atoms with Gasteiger partial charge in [-0.2, -0.15) is 5.26 Å². The summed E-state index contributed by atoms with van der Waals surface area (Å²) in [7, 11) is 0. The van der Waals surface area contributed by atoms with Gasteiger partial charge in [0.25, 0.3) is 0 Å². The fourth-order valence-corrected chi connectivity index (χ4v) is 1.89. The monoisotopic (exact) mass is 189 g/mol. The van der Waals surface area contributed by atoms with Crippen molar-refractivity contribution in [1.29, 1.82) is 5.26 Å². The van der Waals surface area contributed by atoms with Gasteiger partial charge in [0.15, 0.2) is 11.5 Å². The number of phenolic OH excluding ortho intramolecular Hbond substituents is 2. The lowest BCUT2D eigenvalue weighted by Crippen LogP contribution is -2.32. The van der Waals surface area contributed by atoms with E-state index in [2.05, 4.69) is 6.07 Å². The summed E-state index contributed by atoms with van der Waals surface area (Å²) in [4.78, 5) is 0. The Morgan fingerprint density at radius 1 is 1.29 bits per heavy atom. The van der Waals surface area contributed by atoms with Gasteiger partial charge < -0.3 is 10.2 Å². The summed E-state index contributed by atoms with van der Waals surface area (Å²) in [5.41, 5.74) is -0.00530. The molecule has 1 aliphatic rings. The molecule has 0 aliphatic heterocycles. The zero-order chi connectivity index (χ0) is 10.2. The Kier molecular flexibility index (Phi) is 1.85. The van der Waals surface area contributed by atoms with E-state index in [4.69, 9.17) is 5.26 Å². The Hall–Kier alpha value is -1.69. The largest absolute Gasteiger partial charge is 0.504 e. The highest BCUT2D eigenvalue weighted by atomic mass is 16.3. The van der Waals surface area contributed by atoms with Crippen molar-refractivity contribution in [3.8, 4) is 17.6 Å². The fraction of sp³-hybridized carbons (Fsp3) is 0.364. The number of aromatic hydroxyl groups is 2. The summed E-state index contributed by atoms with van der Waals surface area (Å²) in [5.74, 6) is -0.294. The standard InChI is InChI=1S/C11H11NO2/c12-7-11(5-2-6-11)8-3-1-4-9(13)10(8)14/h1,3-4,13-14H,2,5-6H2. The van der Waals surface area contributed by atoms with E-state index < -0.39 is 5.41 Å². The first-order valence-electron chi connectivity index (χ1n) is 4.62. The maximum Gasteiger partial charge on any atom is 0.162 e. The van der Waals surface area contributed by atoms with Crippen LogP contribution in [0.4, 0.5) is 0 Å². The van der Waals surface area contributed by atoms with Crippen LogP contribution in [0.2, 0.25) is 0 Å². The minimum absolute atomic E-state index is 0.145. The van der Waals surface area contributed by atoms with E-state index in [9.17, 15) is 10.2 Å². The average molecular weight is 189 g/mol. The number of phenols is 2. The first kappa shape index (κ1) is 8.89. The molecule has 0 aromatic heterocycles. The summed E-state index contributed by atoms with van der Waals surface area (Å²) in [6, 6.07) is 7.01. The molecule has 0 amide bonds. The molecular weight excluding hydrogens is 178 g/mol. The molecular formula is C11H11NO2. The highest BCUT2D eigenvalue weighted by Crippen LogP contribution is 2.48. The number of nitrogens with zero attached hydrogens (tertiary/aromatic N) is 1. The number of rotatable bonds is 1. The molecule has 0 unspecified atom stereocenters. The molecule has 0 heterocycles. The van der Waals surface area contributed by atoms with Crippen molar-refractivity contribution >= 4 is 0 Å². The van der Waals surface area contributed by atoms with Crippen molar-refractivity contribution in [2.24, 2.45) is 0 Å². The highest BCUT2D eigenvalue weighted by molar-refractivity contribution is 5.51. The Bertz CT molecular complexity index is 402. The Morgan fingerprint density at radius 3 is 2.50 bits per heavy atom. The van der Waals surface area contributed by atoms with Gasteiger partial charge in [0.2, 0.25) is 0 Å². The molecule has 0 saturated heterocycles. The maximum absolute atomic E-state index is 9.63. The van der Waals surface area contributed by atoms with E-state index in [1.165, 1.54) is 6.07 Å². The summed E-state index contributed by atoms with van der Waals surface area (Å²) in [6.07, 6.45) is 2.53. The number of hydrogen-bond acceptors (Lipinski definition) is 3. The van der Waals surface area contributed by atoms with Crippen LogP contribution in [0.15, 0.2) is 18.2 Å². The fourth-order valence-electron chi connectivity index (χ4n) is 1.89. The lowest BCUT2D eigenvalue weighted by atomic mass is 9.65. The summed E-state index contributed by atoms with van der Waals surface area (Å²) in [5, 5.41) is 28.0. The van der Waals surface area contributed by atoms with Gasteiger partial charge in [-0.15, -0.1) is 0 Å². The quantitative estimate of drug-likeness (QED) is 0.664. The molecule has 1 aromatic carbocycles. The van der Waals surface area contributed by atoms with Crippen LogP contribution < -0.4 is 0 Å². The van der Waals surface area contributed by atoms with E-state index in [0.717, 1.165) is 19.3 Å². The number of nitriles is 1. The van der Waals surface area contributed by atoms with Gasteiger partial charge in [0.1, 0.15) is 0 Å². The molecule has 1 fully saturated rings. The molecule has 0 spiro atoms. The number of hydrogen-bond donors (Lipinski definition) is 2. The Labute approximate surface area is 82.2 Å². The predicted molar refractivity (Wildman–Crippen MR) is 50.9 cm³/mol. The highest BCUT2D eigenvalue weighted by Gasteiger charge is 2.41. The molecule has 3 heteroatoms. The smallest absolute Gasteiger partial charge is 0.162 e. The summed E-state index contributed by atoms with van der Waals surface area (Å²) >= 11 is 0. The Morgan fingerprint density at radius 2 is 2.00 bits per heavy atom. The zero-order valence-corrected chi connectivity index (χ0v) is 7.70. The van der Waals surface area contributed by atoms with Gasteiger partial charge in [-0.05, 0) is 25.3 Å². The molecule has 0 bridgehead atoms. The molecule has 14 heavy (non-hydrogen) atoms. The average Bonchev–Trinajstić information content (AvgIpc) is 2.11. The molecule has 72 valence electrons. The van der Waals surface area contributed by atoms with Crippen molar-refractivity contribution in [1.82, 2.24) is 0 Å². The van der Waals surface area contributed by atoms with E-state index in [1.807, 2.05) is 0 Å². The van der Waals surface area contributed by atoms with E-state index in [0.29, 0.717) is 5.56 Å². The molecule has 2 rings (SSSR count). The van der Waals surface area contributed by atoms with Crippen molar-refractivity contribution < 1.29 is 10.2 Å². The van der Waals surface area contributed by atoms with Crippen LogP contribution in [0.25, 0.3) is 0 Å². The molecule has 3 nitrogen and oxygen atoms in total. The van der Waals surface area contributed by atoms with Gasteiger partial charge >= 0.3 is 0 Å². The van der Waals surface area contributed by atoms with Gasteiger partial charge in [-0.25, -0.2) is 0 Å². The molecule has 1 aliphatic carbocycles. The lowest BCUT2D eigenvalue weighted by molar-refractivity contribution is 0.305. The second-order valence-corrected chi connectivity index (χ2v) is 3.72. The first-order chi connectivity index (χ1) is 6.69. The van der Waals surface area contributed by atoms with Gasteiger partial charge in [-0.3, -0.25) is 0 Å². The predicted octanol–water partition coefficient (Wildman–Crippen LogP) is 2.04. The number of benzene rings is 1. The van der Waals surface area contributed by atoms with E-state index >= 15 is 0 Å². The molecule has 1 aromatic rings. The second kappa shape index (κ2) is 2.91. The van der Waals surface area contributed by atoms with E-state index in [-0.39, 0.29) is 11.5 Å². The third-order valence-corrected chi connectivity index (χ3v) is 2.95. The molecule has 2 N–H and O–H groups in total. The minimum Gasteiger partial charge on any atom is -0.504 e. The third kappa shape index (κ3) is 1.04. The normalized spacial score (nSPS) is 18.2. The van der Waals surface area contributed by atoms with Crippen molar-refractivity contribution in [2.45, 2.75) is 24.7 Å². The minimum atomic E-state index is -0.567. The van der Waals surface area contributed by atoms with Crippen LogP contribution in [-0.4, -0.2) is 10.2 Å². The Balaban J connectivity index is 2.51. The van der Waals surface area contributed by atoms with Crippen molar-refractivity contribution in [3.05, 3.63) is 23.8 Å². The van der Waals surface area contributed by atoms with Crippen LogP contribution in [0.3, 0.4) is 0 Å². The van der Waals surface area contributed by atoms with Crippen LogP contribution in [0, 0.1) is 11.3 Å². The SMILES string of the molecule is N#CC1(c2cccc(O)c2O)CCC1. The third-order valence-electron chi connectivity index (χ3n) is 2.95. The topological polar surface area (TPSA) is 64.2 Å². The van der Waals surface area contributed by atoms with Gasteiger partial charge in [0.05, 0.1) is 11.5 Å². The molecule has 0 atom stereocenters. The lowest BCUT2D eigenvalue weighted by Gasteiger charge is -2.35.